The fourth-order valence-electron chi connectivity index (χ4n) is 2.93. The highest BCUT2D eigenvalue weighted by Gasteiger charge is 2.31. The third-order valence-electron chi connectivity index (χ3n) is 4.52. The van der Waals surface area contributed by atoms with Crippen LogP contribution in [-0.4, -0.2) is 23.2 Å². The Kier molecular flexibility index (Phi) is 5.82. The second kappa shape index (κ2) is 7.83. The van der Waals surface area contributed by atoms with Gasteiger partial charge in [0.1, 0.15) is 0 Å². The molecule has 4 nitrogen and oxygen atoms in total. The quantitative estimate of drug-likeness (QED) is 0.728. The maximum absolute atomic E-state index is 12.9. The third-order valence-corrected chi connectivity index (χ3v) is 5.96. The third kappa shape index (κ3) is 4.91. The molecule has 28 heavy (non-hydrogen) atoms. The van der Waals surface area contributed by atoms with Gasteiger partial charge >= 0.3 is 6.18 Å². The molecular weight excluding hydrogens is 389 g/mol. The van der Waals surface area contributed by atoms with Crippen molar-refractivity contribution >= 4 is 17.2 Å². The van der Waals surface area contributed by atoms with Gasteiger partial charge in [-0.3, -0.25) is 4.79 Å². The minimum atomic E-state index is -4.50. The van der Waals surface area contributed by atoms with Gasteiger partial charge in [0, 0.05) is 23.2 Å². The van der Waals surface area contributed by atoms with Crippen molar-refractivity contribution in [2.75, 3.05) is 6.61 Å². The van der Waals surface area contributed by atoms with Crippen molar-refractivity contribution in [3.63, 3.8) is 0 Å². The van der Waals surface area contributed by atoms with E-state index in [1.54, 1.807) is 0 Å². The highest BCUT2D eigenvalue weighted by atomic mass is 32.1. The first-order chi connectivity index (χ1) is 13.0. The van der Waals surface area contributed by atoms with Gasteiger partial charge in [-0.25, -0.2) is 0 Å². The average Bonchev–Trinajstić information content (AvgIpc) is 3.25. The van der Waals surface area contributed by atoms with Crippen LogP contribution in [0.1, 0.15) is 54.4 Å². The maximum Gasteiger partial charge on any atom is 0.416 e. The van der Waals surface area contributed by atoms with Crippen LogP contribution >= 0.6 is 11.3 Å². The van der Waals surface area contributed by atoms with E-state index in [9.17, 15) is 18.0 Å². The molecule has 0 unspecified atom stereocenters. The lowest BCUT2D eigenvalue weighted by atomic mass is 9.95. The molecule has 1 amide bonds. The van der Waals surface area contributed by atoms with Gasteiger partial charge in [0.15, 0.2) is 4.80 Å². The van der Waals surface area contributed by atoms with Crippen LogP contribution in [0.25, 0.3) is 0 Å². The number of thiazole rings is 1. The number of hydrogen-bond donors (Lipinski definition) is 0. The number of halogens is 3. The van der Waals surface area contributed by atoms with Gasteiger partial charge in [-0.1, -0.05) is 26.8 Å². The molecule has 1 atom stereocenters. The van der Waals surface area contributed by atoms with Crippen molar-refractivity contribution in [2.24, 2.45) is 4.99 Å². The van der Waals surface area contributed by atoms with Crippen molar-refractivity contribution in [3.8, 4) is 0 Å². The number of hydrogen-bond acceptors (Lipinski definition) is 3. The van der Waals surface area contributed by atoms with E-state index in [1.165, 1.54) is 23.5 Å². The summed E-state index contributed by atoms with van der Waals surface area (Å²) in [5.74, 6) is -0.686. The predicted octanol–water partition coefficient (Wildman–Crippen LogP) is 4.79. The Morgan fingerprint density at radius 3 is 2.68 bits per heavy atom. The smallest absolute Gasteiger partial charge is 0.376 e. The summed E-state index contributed by atoms with van der Waals surface area (Å²) in [5, 5.41) is 0. The number of benzene rings is 1. The summed E-state index contributed by atoms with van der Waals surface area (Å²) in [6.45, 7) is 7.48. The van der Waals surface area contributed by atoms with Crippen molar-refractivity contribution in [1.29, 1.82) is 0 Å². The normalized spacial score (nSPS) is 18.6. The zero-order valence-electron chi connectivity index (χ0n) is 16.0. The highest BCUT2D eigenvalue weighted by molar-refractivity contribution is 7.09. The summed E-state index contributed by atoms with van der Waals surface area (Å²) < 4.78 is 46.3. The topological polar surface area (TPSA) is 43.6 Å². The van der Waals surface area contributed by atoms with E-state index in [0.717, 1.165) is 36.5 Å². The van der Waals surface area contributed by atoms with Crippen LogP contribution in [0.3, 0.4) is 0 Å². The van der Waals surface area contributed by atoms with Crippen LogP contribution in [0.15, 0.2) is 35.5 Å². The first-order valence-corrected chi connectivity index (χ1v) is 9.94. The van der Waals surface area contributed by atoms with Crippen LogP contribution in [0, 0.1) is 0 Å². The minimum absolute atomic E-state index is 0.0602. The van der Waals surface area contributed by atoms with Crippen LogP contribution in [-0.2, 0) is 22.9 Å². The molecule has 1 fully saturated rings. The molecule has 1 aromatic heterocycles. The second-order valence-corrected chi connectivity index (χ2v) is 8.92. The van der Waals surface area contributed by atoms with Crippen molar-refractivity contribution in [2.45, 2.75) is 57.9 Å². The number of aromatic nitrogens is 1. The number of rotatable bonds is 3. The van der Waals surface area contributed by atoms with Gasteiger partial charge in [0.2, 0.25) is 0 Å². The standard InChI is InChI=1S/C20H23F3N2O2S/c1-19(2,3)16-12-25(11-15-8-5-9-27-15)18(28-16)24-17(26)13-6-4-7-14(10-13)20(21,22)23/h4,6-7,10,12,15H,5,8-9,11H2,1-3H3/b24-18-/t15-/m1/s1. The van der Waals surface area contributed by atoms with Gasteiger partial charge in [-0.2, -0.15) is 18.2 Å². The summed E-state index contributed by atoms with van der Waals surface area (Å²) in [4.78, 5) is 18.2. The Balaban J connectivity index is 1.97. The van der Waals surface area contributed by atoms with Crippen molar-refractivity contribution < 1.29 is 22.7 Å². The Morgan fingerprint density at radius 1 is 1.32 bits per heavy atom. The number of carbonyl (C=O) groups excluding carboxylic acids is 1. The fourth-order valence-corrected chi connectivity index (χ4v) is 3.99. The molecule has 0 saturated carbocycles. The van der Waals surface area contributed by atoms with E-state index >= 15 is 0 Å². The number of amides is 1. The lowest BCUT2D eigenvalue weighted by Crippen LogP contribution is -2.23. The molecule has 0 N–H and O–H groups in total. The molecule has 0 radical (unpaired) electrons. The largest absolute Gasteiger partial charge is 0.416 e. The fraction of sp³-hybridized carbons (Fsp3) is 0.500. The molecule has 8 heteroatoms. The molecule has 1 aromatic carbocycles. The van der Waals surface area contributed by atoms with Gasteiger partial charge in [-0.05, 0) is 36.5 Å². The summed E-state index contributed by atoms with van der Waals surface area (Å²) in [7, 11) is 0. The number of ether oxygens (including phenoxy) is 1. The lowest BCUT2D eigenvalue weighted by Gasteiger charge is -2.15. The summed E-state index contributed by atoms with van der Waals surface area (Å²) in [6.07, 6.45) is -0.542. The SMILES string of the molecule is CC(C)(C)c1cn(C[C@H]2CCCO2)/c(=N/C(=O)c2cccc(C(F)(F)F)c2)s1. The van der Waals surface area contributed by atoms with Gasteiger partial charge < -0.3 is 9.30 Å². The molecule has 1 aliphatic rings. The van der Waals surface area contributed by atoms with E-state index in [1.807, 2.05) is 10.8 Å². The molecule has 2 aromatic rings. The van der Waals surface area contributed by atoms with Crippen molar-refractivity contribution in [3.05, 3.63) is 51.3 Å². The Bertz CT molecular complexity index is 917. The molecule has 3 rings (SSSR count). The molecule has 1 aliphatic heterocycles. The van der Waals surface area contributed by atoms with Gasteiger partial charge in [0.05, 0.1) is 18.2 Å². The lowest BCUT2D eigenvalue weighted by molar-refractivity contribution is -0.137. The summed E-state index contributed by atoms with van der Waals surface area (Å²) in [6, 6.07) is 4.36. The van der Waals surface area contributed by atoms with Crippen LogP contribution in [0.4, 0.5) is 13.2 Å². The van der Waals surface area contributed by atoms with E-state index in [0.29, 0.717) is 11.3 Å². The van der Waals surface area contributed by atoms with E-state index in [4.69, 9.17) is 4.74 Å². The summed E-state index contributed by atoms with van der Waals surface area (Å²) >= 11 is 1.38. The zero-order valence-corrected chi connectivity index (χ0v) is 16.9. The molecule has 152 valence electrons. The first kappa shape index (κ1) is 20.8. The molecular formula is C20H23F3N2O2S. The van der Waals surface area contributed by atoms with Crippen LogP contribution in [0.2, 0.25) is 0 Å². The maximum atomic E-state index is 12.9. The minimum Gasteiger partial charge on any atom is -0.376 e. The number of alkyl halides is 3. The second-order valence-electron chi connectivity index (χ2n) is 7.91. The number of nitrogens with zero attached hydrogens (tertiary/aromatic N) is 2. The first-order valence-electron chi connectivity index (χ1n) is 9.13. The zero-order chi connectivity index (χ0) is 20.5. The molecule has 1 saturated heterocycles. The highest BCUT2D eigenvalue weighted by Crippen LogP contribution is 2.30. The van der Waals surface area contributed by atoms with Crippen LogP contribution in [0.5, 0.6) is 0 Å². The monoisotopic (exact) mass is 412 g/mol. The van der Waals surface area contributed by atoms with Crippen LogP contribution < -0.4 is 4.80 Å². The van der Waals surface area contributed by atoms with E-state index in [-0.39, 0.29) is 17.1 Å². The predicted molar refractivity (Wildman–Crippen MR) is 101 cm³/mol. The molecule has 2 heterocycles. The van der Waals surface area contributed by atoms with Gasteiger partial charge in [0.25, 0.3) is 5.91 Å². The van der Waals surface area contributed by atoms with E-state index in [2.05, 4.69) is 25.8 Å². The Morgan fingerprint density at radius 2 is 2.07 bits per heavy atom. The molecule has 0 spiro atoms. The summed E-state index contributed by atoms with van der Waals surface area (Å²) in [5.41, 5.74) is -1.07. The molecule has 0 aliphatic carbocycles. The number of carbonyl (C=O) groups is 1. The van der Waals surface area contributed by atoms with Crippen molar-refractivity contribution in [1.82, 2.24) is 4.57 Å². The Labute approximate surface area is 165 Å². The van der Waals surface area contributed by atoms with Gasteiger partial charge in [-0.15, -0.1) is 11.3 Å². The molecule has 0 bridgehead atoms. The average molecular weight is 412 g/mol. The Hall–Kier alpha value is -1.93. The van der Waals surface area contributed by atoms with E-state index < -0.39 is 17.6 Å².